The summed E-state index contributed by atoms with van der Waals surface area (Å²) >= 11 is 0. The Morgan fingerprint density at radius 2 is 1.72 bits per heavy atom. The first kappa shape index (κ1) is 29.1. The maximum Gasteiger partial charge on any atom is 0.143 e. The van der Waals surface area contributed by atoms with Crippen LogP contribution in [0, 0.1) is 13.8 Å². The van der Waals surface area contributed by atoms with Crippen molar-refractivity contribution in [1.29, 1.82) is 0 Å². The van der Waals surface area contributed by atoms with Gasteiger partial charge in [-0.1, -0.05) is 86.2 Å². The lowest BCUT2D eigenvalue weighted by molar-refractivity contribution is 0.667. The van der Waals surface area contributed by atoms with Crippen molar-refractivity contribution >= 4 is 44.1 Å². The number of rotatable bonds is 7. The molecule has 0 bridgehead atoms. The molecule has 0 radical (unpaired) electrons. The van der Waals surface area contributed by atoms with Crippen molar-refractivity contribution in [3.8, 4) is 22.3 Å². The molecule has 0 saturated carbocycles. The second kappa shape index (κ2) is 11.8. The highest BCUT2D eigenvalue weighted by Gasteiger charge is 2.17. The monoisotopic (exact) mass is 613 g/mol. The summed E-state index contributed by atoms with van der Waals surface area (Å²) in [5.41, 5.74) is 15.3. The Labute approximate surface area is 275 Å². The summed E-state index contributed by atoms with van der Waals surface area (Å²) in [6.07, 6.45) is 10.7. The van der Waals surface area contributed by atoms with Gasteiger partial charge in [-0.2, -0.15) is 5.10 Å². The van der Waals surface area contributed by atoms with Crippen LogP contribution in [0.25, 0.3) is 60.7 Å². The number of H-pyrrole nitrogens is 1. The Bertz CT molecular complexity index is 2330. The summed E-state index contributed by atoms with van der Waals surface area (Å²) in [6.45, 7) is 8.91. The van der Waals surface area contributed by atoms with Gasteiger partial charge in [-0.15, -0.1) is 0 Å². The van der Waals surface area contributed by atoms with Gasteiger partial charge in [0, 0.05) is 33.5 Å². The van der Waals surface area contributed by atoms with E-state index >= 15 is 0 Å². The van der Waals surface area contributed by atoms with Crippen LogP contribution in [0.2, 0.25) is 0 Å². The van der Waals surface area contributed by atoms with Crippen molar-refractivity contribution in [2.45, 2.75) is 52.5 Å². The molecule has 8 rings (SSSR count). The number of nitrogens with zero attached hydrogens (tertiary/aromatic N) is 1. The van der Waals surface area contributed by atoms with Gasteiger partial charge >= 0.3 is 0 Å². The van der Waals surface area contributed by atoms with E-state index in [0.717, 1.165) is 46.2 Å². The highest BCUT2D eigenvalue weighted by Crippen LogP contribution is 2.39. The summed E-state index contributed by atoms with van der Waals surface area (Å²) in [5.74, 6) is 0.469. The minimum absolute atomic E-state index is 0.226. The molecule has 2 heterocycles. The standard InChI is InChI=1S/C43H39N3O/c1-5-27(3)35-19-14-31(23-39(35)38-24-41-32(22-28(38)4)25-44-46-41)29-10-15-33(16-11-29)45-34-17-12-30(13-18-34)36-7-6-8-37-40-21-26(2)9-20-42(40)47-43(36)37/h6-17,19-25,27,34,45H,5,18H2,1-4H3,(H,44,46). The van der Waals surface area contributed by atoms with Crippen molar-refractivity contribution in [1.82, 2.24) is 10.2 Å². The van der Waals surface area contributed by atoms with Gasteiger partial charge in [0.1, 0.15) is 11.2 Å². The zero-order valence-electron chi connectivity index (χ0n) is 27.4. The highest BCUT2D eigenvalue weighted by atomic mass is 16.3. The second-order valence-corrected chi connectivity index (χ2v) is 13.1. The van der Waals surface area contributed by atoms with Gasteiger partial charge in [-0.05, 0) is 114 Å². The van der Waals surface area contributed by atoms with E-state index in [1.165, 1.54) is 55.3 Å². The Morgan fingerprint density at radius 3 is 2.53 bits per heavy atom. The van der Waals surface area contributed by atoms with Crippen LogP contribution in [0.15, 0.2) is 120 Å². The summed E-state index contributed by atoms with van der Waals surface area (Å²) < 4.78 is 6.34. The molecule has 2 atom stereocenters. The highest BCUT2D eigenvalue weighted by molar-refractivity contribution is 6.09. The number of allylic oxidation sites excluding steroid dienone is 2. The molecule has 0 saturated heterocycles. The minimum Gasteiger partial charge on any atom is -0.455 e. The molecule has 7 aromatic rings. The molecular weight excluding hydrogens is 574 g/mol. The molecule has 2 N–H and O–H groups in total. The van der Waals surface area contributed by atoms with Gasteiger partial charge in [-0.3, -0.25) is 5.10 Å². The fraction of sp³-hybridized carbons (Fsp3) is 0.186. The number of benzene rings is 5. The quantitative estimate of drug-likeness (QED) is 0.188. The maximum atomic E-state index is 6.34. The summed E-state index contributed by atoms with van der Waals surface area (Å²) in [4.78, 5) is 0. The Kier molecular flexibility index (Phi) is 7.29. The van der Waals surface area contributed by atoms with E-state index in [2.05, 4.69) is 152 Å². The van der Waals surface area contributed by atoms with E-state index in [4.69, 9.17) is 4.42 Å². The lowest BCUT2D eigenvalue weighted by Gasteiger charge is -2.20. The predicted octanol–water partition coefficient (Wildman–Crippen LogP) is 11.8. The molecule has 5 aromatic carbocycles. The minimum atomic E-state index is 0.226. The van der Waals surface area contributed by atoms with Crippen LogP contribution in [-0.4, -0.2) is 16.2 Å². The number of furan rings is 1. The van der Waals surface area contributed by atoms with Crippen LogP contribution in [0.4, 0.5) is 5.69 Å². The summed E-state index contributed by atoms with van der Waals surface area (Å²) in [5, 5.41) is 14.6. The van der Waals surface area contributed by atoms with Crippen molar-refractivity contribution in [3.05, 3.63) is 138 Å². The first-order valence-corrected chi connectivity index (χ1v) is 16.7. The second-order valence-electron chi connectivity index (χ2n) is 13.1. The van der Waals surface area contributed by atoms with E-state index in [1.807, 2.05) is 6.20 Å². The average Bonchev–Trinajstić information content (AvgIpc) is 3.72. The van der Waals surface area contributed by atoms with E-state index in [0.29, 0.717) is 5.92 Å². The maximum absolute atomic E-state index is 6.34. The molecule has 2 unspecified atom stereocenters. The van der Waals surface area contributed by atoms with E-state index in [9.17, 15) is 0 Å². The van der Waals surface area contributed by atoms with Gasteiger partial charge in [-0.25, -0.2) is 0 Å². The summed E-state index contributed by atoms with van der Waals surface area (Å²) in [7, 11) is 0. The molecule has 47 heavy (non-hydrogen) atoms. The third-order valence-corrected chi connectivity index (χ3v) is 9.91. The first-order valence-electron chi connectivity index (χ1n) is 16.7. The summed E-state index contributed by atoms with van der Waals surface area (Å²) in [6, 6.07) is 33.4. The number of hydrogen-bond acceptors (Lipinski definition) is 3. The molecule has 0 spiro atoms. The fourth-order valence-corrected chi connectivity index (χ4v) is 7.05. The smallest absolute Gasteiger partial charge is 0.143 e. The molecule has 2 aromatic heterocycles. The number of hydrogen-bond donors (Lipinski definition) is 2. The van der Waals surface area contributed by atoms with Crippen LogP contribution in [-0.2, 0) is 0 Å². The third kappa shape index (κ3) is 5.34. The van der Waals surface area contributed by atoms with Crippen molar-refractivity contribution < 1.29 is 4.42 Å². The molecule has 4 heteroatoms. The lowest BCUT2D eigenvalue weighted by Crippen LogP contribution is -2.17. The molecule has 4 nitrogen and oxygen atoms in total. The van der Waals surface area contributed by atoms with Crippen LogP contribution in [0.3, 0.4) is 0 Å². The number of aryl methyl sites for hydroxylation is 2. The molecule has 0 fully saturated rings. The number of anilines is 1. The number of aromatic amines is 1. The Morgan fingerprint density at radius 1 is 0.872 bits per heavy atom. The van der Waals surface area contributed by atoms with Crippen molar-refractivity contribution in [3.63, 3.8) is 0 Å². The Hall–Kier alpha value is -5.35. The van der Waals surface area contributed by atoms with Gasteiger partial charge in [0.2, 0.25) is 0 Å². The number of fused-ring (bicyclic) bond motifs is 4. The van der Waals surface area contributed by atoms with Gasteiger partial charge in [0.15, 0.2) is 0 Å². The van der Waals surface area contributed by atoms with Gasteiger partial charge < -0.3 is 9.73 Å². The van der Waals surface area contributed by atoms with Crippen LogP contribution in [0.5, 0.6) is 0 Å². The van der Waals surface area contributed by atoms with Gasteiger partial charge in [0.25, 0.3) is 0 Å². The molecule has 0 amide bonds. The molecular formula is C43H39N3O. The topological polar surface area (TPSA) is 53.9 Å². The normalized spacial score (nSPS) is 15.4. The lowest BCUT2D eigenvalue weighted by atomic mass is 9.86. The Balaban J connectivity index is 1.02. The van der Waals surface area contributed by atoms with E-state index < -0.39 is 0 Å². The number of para-hydroxylation sites is 1. The SMILES string of the molecule is CCC(C)c1ccc(-c2ccc(NC3C=CC(c4cccc5c4oc4ccc(C)cc45)=CC3)cc2)cc1-c1cc2[nH]ncc2cc1C. The first-order chi connectivity index (χ1) is 22.9. The third-order valence-electron chi connectivity index (χ3n) is 9.91. The number of nitrogens with one attached hydrogen (secondary N) is 2. The predicted molar refractivity (Wildman–Crippen MR) is 198 cm³/mol. The van der Waals surface area contributed by atoms with E-state index in [1.54, 1.807) is 0 Å². The van der Waals surface area contributed by atoms with E-state index in [-0.39, 0.29) is 6.04 Å². The van der Waals surface area contributed by atoms with Gasteiger partial charge in [0.05, 0.1) is 11.7 Å². The molecule has 0 aliphatic heterocycles. The molecule has 232 valence electrons. The van der Waals surface area contributed by atoms with Crippen LogP contribution in [0.1, 0.15) is 54.9 Å². The molecule has 1 aliphatic rings. The average molecular weight is 614 g/mol. The van der Waals surface area contributed by atoms with Crippen LogP contribution < -0.4 is 5.32 Å². The fourth-order valence-electron chi connectivity index (χ4n) is 7.05. The molecule has 1 aliphatic carbocycles. The van der Waals surface area contributed by atoms with Crippen molar-refractivity contribution in [2.24, 2.45) is 0 Å². The largest absolute Gasteiger partial charge is 0.455 e. The number of aromatic nitrogens is 2. The van der Waals surface area contributed by atoms with Crippen molar-refractivity contribution in [2.75, 3.05) is 5.32 Å². The van der Waals surface area contributed by atoms with Crippen LogP contribution >= 0.6 is 0 Å². The zero-order valence-corrected chi connectivity index (χ0v) is 27.4. The zero-order chi connectivity index (χ0) is 32.1.